The number of hydrogen-bond acceptors (Lipinski definition) is 6. The van der Waals surface area contributed by atoms with E-state index in [1.807, 2.05) is 59.8 Å². The molecule has 1 saturated carbocycles. The Hall–Kier alpha value is -4.22. The zero-order valence-electron chi connectivity index (χ0n) is 21.5. The maximum Gasteiger partial charge on any atom is 0.148 e. The van der Waals surface area contributed by atoms with E-state index in [1.54, 1.807) is 17.8 Å². The Bertz CT molecular complexity index is 1390. The van der Waals surface area contributed by atoms with Crippen LogP contribution < -0.4 is 16.1 Å². The number of nitriles is 1. The zero-order valence-corrected chi connectivity index (χ0v) is 21.5. The molecule has 0 bridgehead atoms. The first kappa shape index (κ1) is 25.4. The second kappa shape index (κ2) is 11.4. The Morgan fingerprint density at radius 3 is 2.53 bits per heavy atom. The molecule has 7 nitrogen and oxygen atoms in total. The van der Waals surface area contributed by atoms with Gasteiger partial charge in [-0.25, -0.2) is 9.07 Å². The molecule has 2 unspecified atom stereocenters. The number of halogens is 1. The third-order valence-electron chi connectivity index (χ3n) is 7.13. The van der Waals surface area contributed by atoms with Crippen LogP contribution >= 0.6 is 0 Å². The van der Waals surface area contributed by atoms with Gasteiger partial charge in [-0.3, -0.25) is 5.01 Å². The number of allylic oxidation sites excluding steroid dienone is 2. The Labute approximate surface area is 222 Å². The van der Waals surface area contributed by atoms with Gasteiger partial charge in [0.1, 0.15) is 17.7 Å². The maximum atomic E-state index is 14.3. The summed E-state index contributed by atoms with van der Waals surface area (Å²) in [6.07, 6.45) is 14.8. The predicted molar refractivity (Wildman–Crippen MR) is 151 cm³/mol. The number of rotatable bonds is 4. The Kier molecular flexibility index (Phi) is 7.66. The summed E-state index contributed by atoms with van der Waals surface area (Å²) in [4.78, 5) is 0. The molecule has 1 aliphatic heterocycles. The van der Waals surface area contributed by atoms with E-state index in [1.165, 1.54) is 44.2 Å². The van der Waals surface area contributed by atoms with Gasteiger partial charge >= 0.3 is 0 Å². The molecule has 38 heavy (non-hydrogen) atoms. The van der Waals surface area contributed by atoms with Gasteiger partial charge in [0.15, 0.2) is 0 Å². The van der Waals surface area contributed by atoms with Crippen molar-refractivity contribution in [2.45, 2.75) is 44.2 Å². The summed E-state index contributed by atoms with van der Waals surface area (Å²) < 4.78 is 16.0. The van der Waals surface area contributed by atoms with Gasteiger partial charge in [0.25, 0.3) is 0 Å². The Morgan fingerprint density at radius 2 is 1.87 bits per heavy atom. The van der Waals surface area contributed by atoms with Crippen LogP contribution in [0.5, 0.6) is 0 Å². The predicted octanol–water partition coefficient (Wildman–Crippen LogP) is 5.78. The molecule has 1 fully saturated rings. The van der Waals surface area contributed by atoms with Crippen LogP contribution in [0.3, 0.4) is 0 Å². The molecule has 8 heteroatoms. The second-order valence-electron chi connectivity index (χ2n) is 9.74. The van der Waals surface area contributed by atoms with Crippen molar-refractivity contribution >= 4 is 23.4 Å². The van der Waals surface area contributed by atoms with Gasteiger partial charge in [-0.1, -0.05) is 49.6 Å². The van der Waals surface area contributed by atoms with E-state index < -0.39 is 5.82 Å². The first-order valence-corrected chi connectivity index (χ1v) is 13.1. The number of aromatic nitrogens is 2. The monoisotopic (exact) mass is 509 g/mol. The fraction of sp³-hybridized carbons (Fsp3) is 0.300. The van der Waals surface area contributed by atoms with E-state index in [2.05, 4.69) is 27.7 Å². The minimum absolute atomic E-state index is 0.0199. The van der Waals surface area contributed by atoms with Crippen LogP contribution in [0, 0.1) is 23.1 Å². The quantitative estimate of drug-likeness (QED) is 0.465. The molecule has 194 valence electrons. The minimum atomic E-state index is -0.548. The lowest BCUT2D eigenvalue weighted by molar-refractivity contribution is 0.441. The normalized spacial score (nSPS) is 20.3. The number of anilines is 2. The Morgan fingerprint density at radius 1 is 1.08 bits per heavy atom. The molecule has 3 aromatic rings. The summed E-state index contributed by atoms with van der Waals surface area (Å²) in [6.45, 7) is 0. The highest BCUT2D eigenvalue weighted by Gasteiger charge is 2.31. The summed E-state index contributed by atoms with van der Waals surface area (Å²) in [6, 6.07) is 19.0. The molecule has 0 radical (unpaired) electrons. The number of benzene rings is 2. The zero-order chi connectivity index (χ0) is 26.5. The van der Waals surface area contributed by atoms with Gasteiger partial charge < -0.3 is 11.1 Å². The maximum absolute atomic E-state index is 14.3. The number of hydrogen-bond donors (Lipinski definition) is 2. The van der Waals surface area contributed by atoms with Crippen molar-refractivity contribution in [3.8, 4) is 17.3 Å². The fourth-order valence-corrected chi connectivity index (χ4v) is 5.04. The number of nitrogens with two attached hydrogens (primary N) is 1. The lowest BCUT2D eigenvalue weighted by Crippen LogP contribution is -2.31. The Balaban J connectivity index is 0.000000366. The van der Waals surface area contributed by atoms with E-state index in [9.17, 15) is 4.39 Å². The van der Waals surface area contributed by atoms with Gasteiger partial charge in [0.2, 0.25) is 0 Å². The van der Waals surface area contributed by atoms with Crippen molar-refractivity contribution in [2.75, 3.05) is 17.4 Å². The topological polar surface area (TPSA) is 95.3 Å². The van der Waals surface area contributed by atoms with Crippen molar-refractivity contribution < 1.29 is 4.39 Å². The second-order valence-corrected chi connectivity index (χ2v) is 9.74. The van der Waals surface area contributed by atoms with Crippen LogP contribution in [0.25, 0.3) is 17.0 Å². The van der Waals surface area contributed by atoms with E-state index in [0.717, 1.165) is 17.1 Å². The molecule has 2 heterocycles. The standard InChI is InChI=1S/C24H19FN6.C6H13N/c1-27-24-13-23(16-7-8-17(14-26)21(25)12-16)31(29-24)20-9-10-22-18(11-20)15-28-30(22)19-5-3-2-4-6-19;7-6-4-2-1-3-5-6/h2-13,15,18,22H,1H3,(H,27,29);6H,1-5,7H2. The van der Waals surface area contributed by atoms with E-state index >= 15 is 0 Å². The van der Waals surface area contributed by atoms with Crippen LogP contribution in [0.15, 0.2) is 77.9 Å². The molecular weight excluding hydrogens is 477 g/mol. The fourth-order valence-electron chi connectivity index (χ4n) is 5.04. The van der Waals surface area contributed by atoms with Gasteiger partial charge in [-0.15, -0.1) is 5.10 Å². The lowest BCUT2D eigenvalue weighted by atomic mass is 9.95. The smallest absolute Gasteiger partial charge is 0.148 e. The first-order chi connectivity index (χ1) is 18.6. The largest absolute Gasteiger partial charge is 0.372 e. The number of nitrogens with one attached hydrogen (secondary N) is 1. The highest BCUT2D eigenvalue weighted by Crippen LogP contribution is 2.34. The van der Waals surface area contributed by atoms with Crippen LogP contribution in [0.1, 0.15) is 37.7 Å². The van der Waals surface area contributed by atoms with Gasteiger partial charge in [-0.2, -0.15) is 10.4 Å². The van der Waals surface area contributed by atoms with Crippen LogP contribution in [0.4, 0.5) is 15.9 Å². The molecule has 0 amide bonds. The summed E-state index contributed by atoms with van der Waals surface area (Å²) in [5.74, 6) is 0.212. The van der Waals surface area contributed by atoms with Gasteiger partial charge in [-0.05, 0) is 49.3 Å². The average molecular weight is 510 g/mol. The third-order valence-corrected chi connectivity index (χ3v) is 7.13. The molecule has 0 spiro atoms. The molecule has 2 aromatic carbocycles. The lowest BCUT2D eigenvalue weighted by Gasteiger charge is -2.26. The van der Waals surface area contributed by atoms with Crippen molar-refractivity contribution in [3.05, 3.63) is 84.2 Å². The first-order valence-electron chi connectivity index (χ1n) is 13.1. The summed E-state index contributed by atoms with van der Waals surface area (Å²) in [7, 11) is 1.79. The number of fused-ring (bicyclic) bond motifs is 1. The van der Waals surface area contributed by atoms with Crippen LogP contribution in [0.2, 0.25) is 0 Å². The van der Waals surface area contributed by atoms with Crippen molar-refractivity contribution in [2.24, 2.45) is 16.8 Å². The van der Waals surface area contributed by atoms with Crippen molar-refractivity contribution in [1.82, 2.24) is 9.78 Å². The van der Waals surface area contributed by atoms with E-state index in [0.29, 0.717) is 17.4 Å². The highest BCUT2D eigenvalue weighted by atomic mass is 19.1. The SMILES string of the molecule is CNc1cc(-c2ccc(C#N)c(F)c2)n(C2=CC3C=NN(c4ccccc4)C3C=C2)n1.NC1CCCCC1. The summed E-state index contributed by atoms with van der Waals surface area (Å²) >= 11 is 0. The summed E-state index contributed by atoms with van der Waals surface area (Å²) in [5, 5.41) is 23.3. The number of hydrazone groups is 1. The van der Waals surface area contributed by atoms with Gasteiger partial charge in [0.05, 0.1) is 28.7 Å². The molecule has 1 aromatic heterocycles. The highest BCUT2D eigenvalue weighted by molar-refractivity contribution is 5.80. The molecule has 0 saturated heterocycles. The molecule has 2 aliphatic carbocycles. The third kappa shape index (κ3) is 5.38. The molecule has 2 atom stereocenters. The molecule has 3 N–H and O–H groups in total. The van der Waals surface area contributed by atoms with Crippen molar-refractivity contribution in [1.29, 1.82) is 5.26 Å². The molecule has 6 rings (SSSR count). The number of para-hydroxylation sites is 1. The summed E-state index contributed by atoms with van der Waals surface area (Å²) in [5.41, 5.74) is 8.95. The number of nitrogens with zero attached hydrogens (tertiary/aromatic N) is 5. The average Bonchev–Trinajstić information content (AvgIpc) is 3.58. The molecule has 3 aliphatic rings. The van der Waals surface area contributed by atoms with E-state index in [-0.39, 0.29) is 17.5 Å². The molecular formula is C30H32FN7. The van der Waals surface area contributed by atoms with Crippen molar-refractivity contribution in [3.63, 3.8) is 0 Å². The van der Waals surface area contributed by atoms with E-state index in [4.69, 9.17) is 11.0 Å². The minimum Gasteiger partial charge on any atom is -0.372 e. The van der Waals surface area contributed by atoms with Crippen LogP contribution in [-0.4, -0.2) is 35.1 Å². The van der Waals surface area contributed by atoms with Gasteiger partial charge in [0, 0.05) is 36.9 Å². The van der Waals surface area contributed by atoms with Crippen LogP contribution in [-0.2, 0) is 0 Å².